The lowest BCUT2D eigenvalue weighted by Crippen LogP contribution is -2.32. The molecule has 1 aromatic carbocycles. The monoisotopic (exact) mass is 370 g/mol. The molecule has 1 fully saturated rings. The third kappa shape index (κ3) is 3.97. The summed E-state index contributed by atoms with van der Waals surface area (Å²) in [7, 11) is 0. The molecular weight excluding hydrogens is 343 g/mol. The second-order valence-electron chi connectivity index (χ2n) is 8.11. The zero-order valence-electron chi connectivity index (χ0n) is 16.4. The molecule has 4 nitrogen and oxygen atoms in total. The van der Waals surface area contributed by atoms with E-state index in [0.29, 0.717) is 43.5 Å². The summed E-state index contributed by atoms with van der Waals surface area (Å²) in [5.74, 6) is -0.166. The molecular formula is C22H27FN2O2. The Kier molecular flexibility index (Phi) is 5.22. The minimum absolute atomic E-state index is 0.0327. The molecule has 2 aromatic rings. The van der Waals surface area contributed by atoms with Gasteiger partial charge in [0.1, 0.15) is 11.6 Å². The highest BCUT2D eigenvalue weighted by Crippen LogP contribution is 2.35. The van der Waals surface area contributed by atoms with Crippen LogP contribution in [0.3, 0.4) is 0 Å². The van der Waals surface area contributed by atoms with Crippen molar-refractivity contribution in [1.29, 1.82) is 0 Å². The van der Waals surface area contributed by atoms with E-state index in [9.17, 15) is 14.3 Å². The van der Waals surface area contributed by atoms with Crippen LogP contribution in [0, 0.1) is 18.2 Å². The first-order valence-corrected chi connectivity index (χ1v) is 9.47. The van der Waals surface area contributed by atoms with Crippen molar-refractivity contribution in [3.8, 4) is 0 Å². The fourth-order valence-corrected chi connectivity index (χ4v) is 3.91. The number of fused-ring (bicyclic) bond motifs is 1. The lowest BCUT2D eigenvalue weighted by atomic mass is 9.73. The van der Waals surface area contributed by atoms with Gasteiger partial charge in [-0.25, -0.2) is 4.39 Å². The van der Waals surface area contributed by atoms with Crippen molar-refractivity contribution in [2.45, 2.75) is 53.4 Å². The van der Waals surface area contributed by atoms with Crippen LogP contribution in [0.2, 0.25) is 0 Å². The number of H-pyrrole nitrogens is 1. The van der Waals surface area contributed by atoms with Crippen LogP contribution in [0.25, 0.3) is 10.9 Å². The number of aliphatic hydroxyl groups excluding tert-OH is 1. The number of aromatic nitrogens is 1. The predicted octanol–water partition coefficient (Wildman–Crippen LogP) is 5.21. The van der Waals surface area contributed by atoms with Crippen molar-refractivity contribution < 1.29 is 14.3 Å². The van der Waals surface area contributed by atoms with Crippen LogP contribution in [0.4, 0.5) is 4.39 Å². The van der Waals surface area contributed by atoms with Gasteiger partial charge in [0.2, 0.25) is 0 Å². The summed E-state index contributed by atoms with van der Waals surface area (Å²) in [6.45, 7) is 8.39. The SMILES string of the molecule is CCC(O)=C1C(=O)CC(C)(C)CC1=NCCc1c(C)[nH]c2ccc(F)cc12. The van der Waals surface area contributed by atoms with Gasteiger partial charge in [-0.05, 0) is 48.9 Å². The molecule has 1 heterocycles. The highest BCUT2D eigenvalue weighted by Gasteiger charge is 2.35. The fourth-order valence-electron chi connectivity index (χ4n) is 3.91. The van der Waals surface area contributed by atoms with Crippen molar-refractivity contribution in [1.82, 2.24) is 4.98 Å². The number of allylic oxidation sites excluding steroid dienone is 2. The van der Waals surface area contributed by atoms with Gasteiger partial charge in [0.15, 0.2) is 5.78 Å². The summed E-state index contributed by atoms with van der Waals surface area (Å²) in [5, 5.41) is 11.1. The lowest BCUT2D eigenvalue weighted by Gasteiger charge is -2.31. The van der Waals surface area contributed by atoms with Crippen molar-refractivity contribution in [3.05, 3.63) is 46.6 Å². The number of Topliss-reactive ketones (excluding diaryl/α,β-unsaturated/α-hetero) is 1. The summed E-state index contributed by atoms with van der Waals surface area (Å²) in [4.78, 5) is 20.5. The van der Waals surface area contributed by atoms with Gasteiger partial charge in [-0.2, -0.15) is 0 Å². The Labute approximate surface area is 159 Å². The number of nitrogens with one attached hydrogen (secondary N) is 1. The van der Waals surface area contributed by atoms with E-state index in [4.69, 9.17) is 4.99 Å². The summed E-state index contributed by atoms with van der Waals surface area (Å²) in [6.07, 6.45) is 2.15. The van der Waals surface area contributed by atoms with Gasteiger partial charge in [-0.3, -0.25) is 9.79 Å². The maximum absolute atomic E-state index is 13.6. The first-order chi connectivity index (χ1) is 12.7. The number of aryl methyl sites for hydroxylation is 1. The van der Waals surface area contributed by atoms with Crippen LogP contribution in [0.15, 0.2) is 34.5 Å². The number of ketones is 1. The number of halogens is 1. The Hall–Kier alpha value is -2.43. The quantitative estimate of drug-likeness (QED) is 0.573. The second-order valence-corrected chi connectivity index (χ2v) is 8.11. The van der Waals surface area contributed by atoms with Crippen LogP contribution >= 0.6 is 0 Å². The van der Waals surface area contributed by atoms with Gasteiger partial charge in [-0.15, -0.1) is 0 Å². The number of aliphatic imine (C=N–C) groups is 1. The third-order valence-electron chi connectivity index (χ3n) is 5.22. The molecule has 144 valence electrons. The molecule has 0 amide bonds. The fraction of sp³-hybridized carbons (Fsp3) is 0.455. The van der Waals surface area contributed by atoms with E-state index in [1.54, 1.807) is 12.1 Å². The molecule has 0 atom stereocenters. The maximum Gasteiger partial charge on any atom is 0.168 e. The molecule has 3 rings (SSSR count). The molecule has 1 saturated carbocycles. The Balaban J connectivity index is 1.89. The Morgan fingerprint density at radius 2 is 2.07 bits per heavy atom. The van der Waals surface area contributed by atoms with E-state index in [0.717, 1.165) is 22.2 Å². The van der Waals surface area contributed by atoms with Gasteiger partial charge in [0, 0.05) is 41.7 Å². The molecule has 0 bridgehead atoms. The second kappa shape index (κ2) is 7.29. The Bertz CT molecular complexity index is 951. The van der Waals surface area contributed by atoms with E-state index in [-0.39, 0.29) is 22.8 Å². The third-order valence-corrected chi connectivity index (χ3v) is 5.22. The summed E-state index contributed by atoms with van der Waals surface area (Å²) >= 11 is 0. The number of benzene rings is 1. The minimum Gasteiger partial charge on any atom is -0.512 e. The van der Waals surface area contributed by atoms with Gasteiger partial charge < -0.3 is 10.1 Å². The van der Waals surface area contributed by atoms with Crippen LogP contribution in [0.5, 0.6) is 0 Å². The van der Waals surface area contributed by atoms with Crippen molar-refractivity contribution in [3.63, 3.8) is 0 Å². The summed E-state index contributed by atoms with van der Waals surface area (Å²) in [5.41, 5.74) is 3.89. The van der Waals surface area contributed by atoms with E-state index in [1.807, 2.05) is 27.7 Å². The number of aromatic amines is 1. The largest absolute Gasteiger partial charge is 0.512 e. The molecule has 0 saturated heterocycles. The number of carbonyl (C=O) groups excluding carboxylic acids is 1. The number of hydrogen-bond donors (Lipinski definition) is 2. The van der Waals surface area contributed by atoms with Crippen LogP contribution in [0.1, 0.15) is 51.3 Å². The molecule has 0 aliphatic heterocycles. The van der Waals surface area contributed by atoms with Gasteiger partial charge in [0.05, 0.1) is 5.57 Å². The summed E-state index contributed by atoms with van der Waals surface area (Å²) < 4.78 is 13.6. The van der Waals surface area contributed by atoms with Gasteiger partial charge >= 0.3 is 0 Å². The predicted molar refractivity (Wildman–Crippen MR) is 107 cm³/mol. The molecule has 27 heavy (non-hydrogen) atoms. The first kappa shape index (κ1) is 19.3. The molecule has 0 spiro atoms. The Morgan fingerprint density at radius 1 is 1.33 bits per heavy atom. The maximum atomic E-state index is 13.6. The molecule has 5 heteroatoms. The lowest BCUT2D eigenvalue weighted by molar-refractivity contribution is -0.117. The number of hydrogen-bond acceptors (Lipinski definition) is 3. The normalized spacial score (nSPS) is 20.5. The molecule has 2 N–H and O–H groups in total. The van der Waals surface area contributed by atoms with Crippen molar-refractivity contribution >= 4 is 22.4 Å². The van der Waals surface area contributed by atoms with Crippen molar-refractivity contribution in [2.24, 2.45) is 10.4 Å². The highest BCUT2D eigenvalue weighted by molar-refractivity contribution is 6.24. The number of carbonyl (C=O) groups is 1. The summed E-state index contributed by atoms with van der Waals surface area (Å²) in [6, 6.07) is 4.74. The van der Waals surface area contributed by atoms with E-state index >= 15 is 0 Å². The van der Waals surface area contributed by atoms with E-state index in [2.05, 4.69) is 4.98 Å². The smallest absolute Gasteiger partial charge is 0.168 e. The van der Waals surface area contributed by atoms with Crippen LogP contribution < -0.4 is 0 Å². The zero-order chi connectivity index (χ0) is 19.8. The van der Waals surface area contributed by atoms with Crippen LogP contribution in [-0.4, -0.2) is 28.1 Å². The molecule has 0 radical (unpaired) electrons. The average Bonchev–Trinajstić information content (AvgIpc) is 2.88. The molecule has 1 aliphatic rings. The van der Waals surface area contributed by atoms with E-state index < -0.39 is 0 Å². The first-order valence-electron chi connectivity index (χ1n) is 9.47. The van der Waals surface area contributed by atoms with Gasteiger partial charge in [0.25, 0.3) is 0 Å². The number of aliphatic hydroxyl groups is 1. The number of nitrogens with zero attached hydrogens (tertiary/aromatic N) is 1. The number of rotatable bonds is 4. The zero-order valence-corrected chi connectivity index (χ0v) is 16.4. The van der Waals surface area contributed by atoms with Crippen molar-refractivity contribution in [2.75, 3.05) is 6.54 Å². The standard InChI is InChI=1S/C22H27FN2O2/c1-5-19(26)21-18(11-22(3,4)12-20(21)27)24-9-8-15-13(2)25-17-7-6-14(23)10-16(15)17/h6-7,10,25-26H,5,8-9,11-12H2,1-4H3. The molecule has 1 aromatic heterocycles. The minimum atomic E-state index is -0.258. The highest BCUT2D eigenvalue weighted by atomic mass is 19.1. The topological polar surface area (TPSA) is 65.4 Å². The Morgan fingerprint density at radius 3 is 2.78 bits per heavy atom. The average molecular weight is 370 g/mol. The molecule has 0 unspecified atom stereocenters. The molecule has 1 aliphatic carbocycles. The van der Waals surface area contributed by atoms with Gasteiger partial charge in [-0.1, -0.05) is 20.8 Å². The van der Waals surface area contributed by atoms with Crippen LogP contribution in [-0.2, 0) is 11.2 Å². The van der Waals surface area contributed by atoms with E-state index in [1.165, 1.54) is 6.07 Å².